The molecule has 0 saturated carbocycles. The smallest absolute Gasteiger partial charge is 0.269 e. The zero-order valence-corrected chi connectivity index (χ0v) is 10.6. The van der Waals surface area contributed by atoms with Gasteiger partial charge in [0.25, 0.3) is 5.69 Å². The Kier molecular flexibility index (Phi) is 3.70. The fourth-order valence-corrected chi connectivity index (χ4v) is 1.82. The first kappa shape index (κ1) is 13.6. The van der Waals surface area contributed by atoms with E-state index in [9.17, 15) is 19.7 Å². The highest BCUT2D eigenvalue weighted by Crippen LogP contribution is 2.18. The number of carbonyl (C=O) groups is 1. The van der Waals surface area contributed by atoms with Crippen molar-refractivity contribution in [1.29, 1.82) is 0 Å². The van der Waals surface area contributed by atoms with E-state index in [1.54, 1.807) is 25.3 Å². The minimum Gasteiger partial charge on any atom is -0.289 e. The predicted molar refractivity (Wildman–Crippen MR) is 72.5 cm³/mol. The average Bonchev–Trinajstić information content (AvgIpc) is 2.46. The molecule has 0 aliphatic carbocycles. The third kappa shape index (κ3) is 2.61. The highest BCUT2D eigenvalue weighted by Gasteiger charge is 2.15. The van der Waals surface area contributed by atoms with Gasteiger partial charge in [-0.25, -0.2) is 0 Å². The van der Waals surface area contributed by atoms with E-state index < -0.39 is 4.92 Å². The molecule has 0 atom stereocenters. The lowest BCUT2D eigenvalue weighted by atomic mass is 9.97. The van der Waals surface area contributed by atoms with Gasteiger partial charge in [0.15, 0.2) is 5.78 Å². The Hall–Kier alpha value is -2.82. The quantitative estimate of drug-likeness (QED) is 0.485. The average molecular weight is 268 g/mol. The maximum Gasteiger partial charge on any atom is 0.269 e. The van der Waals surface area contributed by atoms with Gasteiger partial charge in [0, 0.05) is 28.8 Å². The number of nitrogens with zero attached hydrogens (tertiary/aromatic N) is 1. The van der Waals surface area contributed by atoms with Gasteiger partial charge in [0.05, 0.1) is 4.92 Å². The second kappa shape index (κ2) is 5.44. The molecule has 0 aromatic heterocycles. The summed E-state index contributed by atoms with van der Waals surface area (Å²) in [7, 11) is 0. The Morgan fingerprint density at radius 1 is 1.15 bits per heavy atom. The van der Waals surface area contributed by atoms with Gasteiger partial charge in [-0.1, -0.05) is 11.6 Å². The lowest BCUT2D eigenvalue weighted by molar-refractivity contribution is -0.384. The van der Waals surface area contributed by atoms with E-state index in [0.29, 0.717) is 0 Å². The standard InChI is InChI=1S/C15H10NO4/c1-10-2-3-12(9-17)14(8-10)15(18)11-4-6-13(7-5-11)16(19)20/h2-8H,1H3. The van der Waals surface area contributed by atoms with E-state index in [-0.39, 0.29) is 28.2 Å². The molecule has 0 amide bonds. The molecule has 0 unspecified atom stereocenters. The number of nitro benzene ring substituents is 1. The van der Waals surface area contributed by atoms with Gasteiger partial charge in [-0.15, -0.1) is 0 Å². The summed E-state index contributed by atoms with van der Waals surface area (Å²) in [6, 6.07) is 10.1. The molecule has 5 nitrogen and oxygen atoms in total. The van der Waals surface area contributed by atoms with E-state index in [2.05, 4.69) is 0 Å². The number of benzene rings is 2. The monoisotopic (exact) mass is 268 g/mol. The van der Waals surface area contributed by atoms with Gasteiger partial charge in [-0.05, 0) is 31.2 Å². The zero-order chi connectivity index (χ0) is 14.7. The van der Waals surface area contributed by atoms with Crippen LogP contribution in [-0.2, 0) is 4.79 Å². The largest absolute Gasteiger partial charge is 0.289 e. The summed E-state index contributed by atoms with van der Waals surface area (Å²) >= 11 is 0. The molecule has 2 rings (SSSR count). The molecular formula is C15H10NO4. The zero-order valence-electron chi connectivity index (χ0n) is 10.6. The number of nitro groups is 1. The molecular weight excluding hydrogens is 258 g/mol. The van der Waals surface area contributed by atoms with Crippen LogP contribution in [0.25, 0.3) is 0 Å². The highest BCUT2D eigenvalue weighted by atomic mass is 16.6. The summed E-state index contributed by atoms with van der Waals surface area (Å²) in [5.41, 5.74) is 1.47. The minimum absolute atomic E-state index is 0.0898. The molecule has 2 aromatic carbocycles. The van der Waals surface area contributed by atoms with E-state index in [1.165, 1.54) is 30.3 Å². The van der Waals surface area contributed by atoms with Crippen LogP contribution in [0.5, 0.6) is 0 Å². The van der Waals surface area contributed by atoms with Crippen LogP contribution in [-0.4, -0.2) is 17.0 Å². The molecule has 5 heteroatoms. The van der Waals surface area contributed by atoms with Crippen molar-refractivity contribution in [2.45, 2.75) is 6.92 Å². The normalized spacial score (nSPS) is 10.1. The summed E-state index contributed by atoms with van der Waals surface area (Å²) < 4.78 is 0. The van der Waals surface area contributed by atoms with Crippen molar-refractivity contribution < 1.29 is 14.5 Å². The van der Waals surface area contributed by atoms with Crippen molar-refractivity contribution in [3.8, 4) is 0 Å². The second-order valence-electron chi connectivity index (χ2n) is 4.28. The van der Waals surface area contributed by atoms with Crippen LogP contribution in [0.2, 0.25) is 0 Å². The third-order valence-electron chi connectivity index (χ3n) is 2.87. The lowest BCUT2D eigenvalue weighted by Crippen LogP contribution is -2.06. The van der Waals surface area contributed by atoms with Crippen molar-refractivity contribution in [2.24, 2.45) is 0 Å². The molecule has 0 heterocycles. The molecule has 0 aliphatic heterocycles. The minimum atomic E-state index is -0.536. The first-order valence-corrected chi connectivity index (χ1v) is 5.81. The van der Waals surface area contributed by atoms with Crippen LogP contribution in [0.4, 0.5) is 5.69 Å². The number of hydrogen-bond acceptors (Lipinski definition) is 4. The molecule has 20 heavy (non-hydrogen) atoms. The molecule has 0 spiro atoms. The number of aryl methyl sites for hydroxylation is 1. The molecule has 99 valence electrons. The second-order valence-corrected chi connectivity index (χ2v) is 4.28. The summed E-state index contributed by atoms with van der Waals surface area (Å²) in [6.07, 6.45) is 1.72. The fraction of sp³-hybridized carbons (Fsp3) is 0.0667. The molecule has 0 aliphatic rings. The van der Waals surface area contributed by atoms with Crippen molar-refractivity contribution >= 4 is 17.8 Å². The summed E-state index contributed by atoms with van der Waals surface area (Å²) in [4.78, 5) is 33.2. The molecule has 1 radical (unpaired) electrons. The number of carbonyl (C=O) groups excluding carboxylic acids is 2. The number of hydrogen-bond donors (Lipinski definition) is 0. The SMILES string of the molecule is Cc1ccc([C]=O)c(C(=O)c2ccc([N+](=O)[O-])cc2)c1. The van der Waals surface area contributed by atoms with Crippen LogP contribution in [0.3, 0.4) is 0 Å². The van der Waals surface area contributed by atoms with Gasteiger partial charge >= 0.3 is 0 Å². The highest BCUT2D eigenvalue weighted by molar-refractivity contribution is 6.12. The Bertz CT molecular complexity index is 690. The van der Waals surface area contributed by atoms with E-state index in [4.69, 9.17) is 0 Å². The van der Waals surface area contributed by atoms with Crippen LogP contribution < -0.4 is 0 Å². The van der Waals surface area contributed by atoms with Crippen molar-refractivity contribution in [3.05, 3.63) is 74.8 Å². The van der Waals surface area contributed by atoms with Crippen LogP contribution in [0.15, 0.2) is 42.5 Å². The lowest BCUT2D eigenvalue weighted by Gasteiger charge is -2.05. The van der Waals surface area contributed by atoms with E-state index in [1.807, 2.05) is 0 Å². The predicted octanol–water partition coefficient (Wildman–Crippen LogP) is 2.59. The van der Waals surface area contributed by atoms with E-state index in [0.717, 1.165) is 5.56 Å². The molecule has 0 saturated heterocycles. The van der Waals surface area contributed by atoms with Gasteiger partial charge in [0.1, 0.15) is 0 Å². The topological polar surface area (TPSA) is 77.3 Å². The van der Waals surface area contributed by atoms with Gasteiger partial charge < -0.3 is 0 Å². The van der Waals surface area contributed by atoms with Crippen molar-refractivity contribution in [1.82, 2.24) is 0 Å². The Morgan fingerprint density at radius 2 is 1.80 bits per heavy atom. The van der Waals surface area contributed by atoms with Gasteiger partial charge in [-0.2, -0.15) is 0 Å². The van der Waals surface area contributed by atoms with Crippen LogP contribution in [0.1, 0.15) is 27.0 Å². The third-order valence-corrected chi connectivity index (χ3v) is 2.87. The first-order valence-electron chi connectivity index (χ1n) is 5.81. The van der Waals surface area contributed by atoms with Crippen LogP contribution in [0, 0.1) is 17.0 Å². The Labute approximate surface area is 115 Å². The number of ketones is 1. The molecule has 0 bridgehead atoms. The van der Waals surface area contributed by atoms with Crippen LogP contribution >= 0.6 is 0 Å². The van der Waals surface area contributed by atoms with E-state index >= 15 is 0 Å². The maximum atomic E-state index is 12.3. The van der Waals surface area contributed by atoms with Gasteiger partial charge in [0.2, 0.25) is 6.29 Å². The Balaban J connectivity index is 2.43. The molecule has 0 N–H and O–H groups in total. The van der Waals surface area contributed by atoms with Crippen molar-refractivity contribution in [2.75, 3.05) is 0 Å². The first-order chi connectivity index (χ1) is 9.52. The van der Waals surface area contributed by atoms with Crippen molar-refractivity contribution in [3.63, 3.8) is 0 Å². The maximum absolute atomic E-state index is 12.3. The summed E-state index contributed by atoms with van der Waals surface area (Å²) in [5.74, 6) is -0.359. The number of non-ortho nitro benzene ring substituents is 1. The number of rotatable bonds is 4. The fourth-order valence-electron chi connectivity index (χ4n) is 1.82. The van der Waals surface area contributed by atoms with Gasteiger partial charge in [-0.3, -0.25) is 19.7 Å². The molecule has 2 aromatic rings. The Morgan fingerprint density at radius 3 is 2.35 bits per heavy atom. The molecule has 0 fully saturated rings. The summed E-state index contributed by atoms with van der Waals surface area (Å²) in [6.45, 7) is 1.81. The summed E-state index contributed by atoms with van der Waals surface area (Å²) in [5, 5.41) is 10.6.